The van der Waals surface area contributed by atoms with Gasteiger partial charge < -0.3 is 0 Å². The predicted octanol–water partition coefficient (Wildman–Crippen LogP) is 4.90. The van der Waals surface area contributed by atoms with Crippen molar-refractivity contribution >= 4 is 32.7 Å². The molecule has 0 amide bonds. The number of halogens is 3. The predicted molar refractivity (Wildman–Crippen MR) is 92.2 cm³/mol. The van der Waals surface area contributed by atoms with Gasteiger partial charge in [-0.2, -0.15) is 29.2 Å². The normalized spacial score (nSPS) is 13.7. The van der Waals surface area contributed by atoms with Crippen LogP contribution in [0.2, 0.25) is 0 Å². The molecule has 0 fully saturated rings. The summed E-state index contributed by atoms with van der Waals surface area (Å²) in [5, 5.41) is 5.43. The molecule has 1 unspecified atom stereocenters. The largest absolute Gasteiger partial charge is 0.416 e. The van der Waals surface area contributed by atoms with Crippen molar-refractivity contribution < 1.29 is 21.6 Å². The van der Waals surface area contributed by atoms with E-state index in [1.54, 1.807) is 23.6 Å². The van der Waals surface area contributed by atoms with Crippen LogP contribution in [0.5, 0.6) is 0 Å². The van der Waals surface area contributed by atoms with E-state index in [4.69, 9.17) is 0 Å². The Morgan fingerprint density at radius 3 is 2.44 bits per heavy atom. The zero-order valence-electron chi connectivity index (χ0n) is 12.5. The Labute approximate surface area is 150 Å². The molecule has 9 heteroatoms. The summed E-state index contributed by atoms with van der Waals surface area (Å²) >= 11 is 2.78. The van der Waals surface area contributed by atoms with Crippen molar-refractivity contribution in [2.75, 3.05) is 0 Å². The molecule has 1 atom stereocenters. The second-order valence-corrected chi connectivity index (χ2v) is 8.63. The highest BCUT2D eigenvalue weighted by Gasteiger charge is 2.32. The van der Waals surface area contributed by atoms with Gasteiger partial charge in [0.25, 0.3) is 0 Å². The average molecular weight is 403 g/mol. The molecule has 0 bridgehead atoms. The maximum Gasteiger partial charge on any atom is 0.416 e. The molecule has 0 aliphatic rings. The maximum atomic E-state index is 12.9. The van der Waals surface area contributed by atoms with Crippen molar-refractivity contribution in [3.8, 4) is 0 Å². The first kappa shape index (κ1) is 18.1. The van der Waals surface area contributed by atoms with E-state index in [0.29, 0.717) is 6.07 Å². The van der Waals surface area contributed by atoms with Crippen LogP contribution in [-0.2, 0) is 16.2 Å². The number of sulfonamides is 1. The first-order chi connectivity index (χ1) is 11.8. The van der Waals surface area contributed by atoms with Gasteiger partial charge in [0.05, 0.1) is 16.5 Å². The van der Waals surface area contributed by atoms with Gasteiger partial charge in [0.15, 0.2) is 0 Å². The highest BCUT2D eigenvalue weighted by Crippen LogP contribution is 2.32. The van der Waals surface area contributed by atoms with Crippen LogP contribution < -0.4 is 4.72 Å². The minimum Gasteiger partial charge on any atom is -0.207 e. The molecule has 2 heterocycles. The summed E-state index contributed by atoms with van der Waals surface area (Å²) in [4.78, 5) is 0.341. The van der Waals surface area contributed by atoms with Crippen LogP contribution in [0.25, 0.3) is 0 Å². The number of hydrogen-bond donors (Lipinski definition) is 1. The van der Waals surface area contributed by atoms with Crippen LogP contribution in [0.1, 0.15) is 22.0 Å². The van der Waals surface area contributed by atoms with Crippen molar-refractivity contribution in [1.29, 1.82) is 0 Å². The number of alkyl halides is 3. The summed E-state index contributed by atoms with van der Waals surface area (Å²) in [6.07, 6.45) is -4.61. The summed E-state index contributed by atoms with van der Waals surface area (Å²) in [7, 11) is -4.13. The second-order valence-electron chi connectivity index (χ2n) is 5.15. The number of rotatable bonds is 5. The summed E-state index contributed by atoms with van der Waals surface area (Å²) in [6.45, 7) is 0. The Kier molecular flexibility index (Phi) is 5.01. The molecule has 132 valence electrons. The van der Waals surface area contributed by atoms with Gasteiger partial charge in [-0.3, -0.25) is 0 Å². The van der Waals surface area contributed by atoms with Crippen LogP contribution >= 0.6 is 22.7 Å². The van der Waals surface area contributed by atoms with Crippen LogP contribution in [0, 0.1) is 0 Å². The lowest BCUT2D eigenvalue weighted by atomic mass is 10.1. The lowest BCUT2D eigenvalue weighted by Gasteiger charge is -2.17. The molecule has 3 nitrogen and oxygen atoms in total. The minimum atomic E-state index is -4.61. The lowest BCUT2D eigenvalue weighted by Crippen LogP contribution is -2.29. The quantitative estimate of drug-likeness (QED) is 0.659. The standard InChI is InChI=1S/C16H12F3NO2S3/c17-16(18,19)12-3-1-4-13(9-12)25(21,22)20-15(11-6-8-23-10-11)14-5-2-7-24-14/h1-10,15,20H. The van der Waals surface area contributed by atoms with Gasteiger partial charge in [-0.1, -0.05) is 12.1 Å². The summed E-state index contributed by atoms with van der Waals surface area (Å²) in [6, 6.07) is 8.42. The van der Waals surface area contributed by atoms with Crippen LogP contribution in [0.15, 0.2) is 63.5 Å². The lowest BCUT2D eigenvalue weighted by molar-refractivity contribution is -0.137. The molecule has 3 aromatic rings. The van der Waals surface area contributed by atoms with Crippen molar-refractivity contribution in [3.63, 3.8) is 0 Å². The fourth-order valence-corrected chi connectivity index (χ4v) is 5.06. The zero-order valence-corrected chi connectivity index (χ0v) is 15.0. The summed E-state index contributed by atoms with van der Waals surface area (Å²) < 4.78 is 66.4. The van der Waals surface area contributed by atoms with E-state index < -0.39 is 32.7 Å². The molecule has 25 heavy (non-hydrogen) atoms. The van der Waals surface area contributed by atoms with Crippen LogP contribution in [0.3, 0.4) is 0 Å². The molecule has 0 aliphatic heterocycles. The smallest absolute Gasteiger partial charge is 0.207 e. The third kappa shape index (κ3) is 4.12. The van der Waals surface area contributed by atoms with E-state index in [-0.39, 0.29) is 0 Å². The van der Waals surface area contributed by atoms with Gasteiger partial charge in [-0.25, -0.2) is 8.42 Å². The fourth-order valence-electron chi connectivity index (χ4n) is 2.25. The van der Waals surface area contributed by atoms with Gasteiger partial charge in [-0.15, -0.1) is 11.3 Å². The molecule has 0 saturated carbocycles. The van der Waals surface area contributed by atoms with Crippen molar-refractivity contribution in [2.24, 2.45) is 0 Å². The topological polar surface area (TPSA) is 46.2 Å². The monoisotopic (exact) mass is 403 g/mol. The van der Waals surface area contributed by atoms with Crippen molar-refractivity contribution in [3.05, 3.63) is 74.6 Å². The van der Waals surface area contributed by atoms with Crippen molar-refractivity contribution in [1.82, 2.24) is 4.72 Å². The Morgan fingerprint density at radius 2 is 1.84 bits per heavy atom. The average Bonchev–Trinajstić information content (AvgIpc) is 3.26. The molecule has 0 radical (unpaired) electrons. The highest BCUT2D eigenvalue weighted by atomic mass is 32.2. The zero-order chi connectivity index (χ0) is 18.1. The molecule has 0 aliphatic carbocycles. The van der Waals surface area contributed by atoms with Gasteiger partial charge in [0.2, 0.25) is 10.0 Å². The number of nitrogens with one attached hydrogen (secondary N) is 1. The van der Waals surface area contributed by atoms with Crippen molar-refractivity contribution in [2.45, 2.75) is 17.1 Å². The molecule has 1 aromatic carbocycles. The van der Waals surface area contributed by atoms with Gasteiger partial charge in [-0.05, 0) is 52.0 Å². The Hall–Kier alpha value is -1.68. The van der Waals surface area contributed by atoms with Crippen LogP contribution in [0.4, 0.5) is 13.2 Å². The third-order valence-electron chi connectivity index (χ3n) is 3.45. The number of benzene rings is 1. The molecule has 1 N–H and O–H groups in total. The Morgan fingerprint density at radius 1 is 1.04 bits per heavy atom. The SMILES string of the molecule is O=S(=O)(NC(c1ccsc1)c1cccs1)c1cccc(C(F)(F)F)c1. The Bertz CT molecular complexity index is 899. The molecule has 3 rings (SSSR count). The van der Waals surface area contributed by atoms with E-state index in [9.17, 15) is 21.6 Å². The first-order valence-corrected chi connectivity index (χ1v) is 10.3. The van der Waals surface area contributed by atoms with E-state index in [2.05, 4.69) is 4.72 Å². The number of thiophene rings is 2. The molecule has 2 aromatic heterocycles. The molecular formula is C16H12F3NO2S3. The molecular weight excluding hydrogens is 391 g/mol. The Balaban J connectivity index is 1.97. The van der Waals surface area contributed by atoms with Gasteiger partial charge >= 0.3 is 6.18 Å². The van der Waals surface area contributed by atoms with Gasteiger partial charge in [0.1, 0.15) is 0 Å². The highest BCUT2D eigenvalue weighted by molar-refractivity contribution is 7.89. The fraction of sp³-hybridized carbons (Fsp3) is 0.125. The van der Waals surface area contributed by atoms with E-state index in [1.165, 1.54) is 22.7 Å². The van der Waals surface area contributed by atoms with E-state index in [0.717, 1.165) is 28.6 Å². The summed E-state index contributed by atoms with van der Waals surface area (Å²) in [5.41, 5.74) is -0.262. The van der Waals surface area contributed by atoms with Gasteiger partial charge in [0, 0.05) is 4.88 Å². The second kappa shape index (κ2) is 6.91. The maximum absolute atomic E-state index is 12.9. The third-order valence-corrected chi connectivity index (χ3v) is 6.51. The van der Waals surface area contributed by atoms with E-state index in [1.807, 2.05) is 10.8 Å². The van der Waals surface area contributed by atoms with E-state index >= 15 is 0 Å². The summed E-state index contributed by atoms with van der Waals surface area (Å²) in [5.74, 6) is 0. The van der Waals surface area contributed by atoms with Crippen LogP contribution in [-0.4, -0.2) is 8.42 Å². The molecule has 0 saturated heterocycles. The first-order valence-electron chi connectivity index (χ1n) is 7.02. The minimum absolute atomic E-state index is 0.417. The molecule has 0 spiro atoms. The number of hydrogen-bond acceptors (Lipinski definition) is 4.